The summed E-state index contributed by atoms with van der Waals surface area (Å²) in [5.41, 5.74) is 1.98. The molecular formula is C15H12N2O5S. The second-order valence-electron chi connectivity index (χ2n) is 4.73. The number of nitrogens with zero attached hydrogens (tertiary/aromatic N) is 1. The summed E-state index contributed by atoms with van der Waals surface area (Å²) in [5.74, 6) is -0.870. The molecule has 7 nitrogen and oxygen atoms in total. The maximum atomic E-state index is 11.9. The van der Waals surface area contributed by atoms with Gasteiger partial charge in [-0.05, 0) is 36.4 Å². The van der Waals surface area contributed by atoms with Crippen LogP contribution in [0.3, 0.4) is 0 Å². The number of hydrogen-bond donors (Lipinski definition) is 2. The lowest BCUT2D eigenvalue weighted by Crippen LogP contribution is -2.29. The van der Waals surface area contributed by atoms with Gasteiger partial charge in [-0.2, -0.15) is 4.72 Å². The van der Waals surface area contributed by atoms with Gasteiger partial charge in [-0.3, -0.25) is 4.79 Å². The maximum absolute atomic E-state index is 11.9. The van der Waals surface area contributed by atoms with Gasteiger partial charge in [0.1, 0.15) is 12.1 Å². The van der Waals surface area contributed by atoms with Crippen LogP contribution < -0.4 is 4.72 Å². The van der Waals surface area contributed by atoms with Crippen LogP contribution in [0.15, 0.2) is 57.8 Å². The molecule has 0 aliphatic rings. The minimum atomic E-state index is -3.86. The fourth-order valence-corrected chi connectivity index (χ4v) is 2.99. The normalized spacial score (nSPS) is 11.7. The molecule has 0 fully saturated rings. The molecule has 0 unspecified atom stereocenters. The van der Waals surface area contributed by atoms with Crippen LogP contribution >= 0.6 is 0 Å². The van der Waals surface area contributed by atoms with Crippen LogP contribution in [-0.2, 0) is 14.8 Å². The van der Waals surface area contributed by atoms with Crippen molar-refractivity contribution < 1.29 is 22.7 Å². The monoisotopic (exact) mass is 332 g/mol. The smallest absolute Gasteiger partial charge is 0.318 e. The third-order valence-electron chi connectivity index (χ3n) is 3.12. The average Bonchev–Trinajstić information content (AvgIpc) is 2.97. The summed E-state index contributed by atoms with van der Waals surface area (Å²) in [6, 6.07) is 13.1. The molecular weight excluding hydrogens is 320 g/mol. The quantitative estimate of drug-likeness (QED) is 0.738. The standard InChI is InChI=1S/C15H12N2O5S/c18-14(19)9-16-23(20,21)11-7-5-10(6-8-11)15-17-12-3-1-2-4-13(12)22-15/h1-8,16H,9H2,(H,18,19). The number of oxazole rings is 1. The Labute approximate surface area is 131 Å². The van der Waals surface area contributed by atoms with Gasteiger partial charge < -0.3 is 9.52 Å². The maximum Gasteiger partial charge on any atom is 0.318 e. The number of hydrogen-bond acceptors (Lipinski definition) is 5. The first-order chi connectivity index (χ1) is 11.0. The largest absolute Gasteiger partial charge is 0.480 e. The molecule has 8 heteroatoms. The highest BCUT2D eigenvalue weighted by molar-refractivity contribution is 7.89. The minimum absolute atomic E-state index is 0.0291. The first-order valence-corrected chi connectivity index (χ1v) is 8.11. The zero-order valence-corrected chi connectivity index (χ0v) is 12.6. The average molecular weight is 332 g/mol. The van der Waals surface area contributed by atoms with Crippen molar-refractivity contribution in [3.8, 4) is 11.5 Å². The van der Waals surface area contributed by atoms with Gasteiger partial charge in [0.05, 0.1) is 4.90 Å². The Morgan fingerprint density at radius 2 is 1.83 bits per heavy atom. The fourth-order valence-electron chi connectivity index (χ4n) is 2.01. The second kappa shape index (κ2) is 5.82. The molecule has 0 aliphatic carbocycles. The molecule has 0 bridgehead atoms. The predicted molar refractivity (Wildman–Crippen MR) is 82.3 cm³/mol. The highest BCUT2D eigenvalue weighted by atomic mass is 32.2. The molecule has 0 saturated heterocycles. The van der Waals surface area contributed by atoms with Crippen molar-refractivity contribution in [2.45, 2.75) is 4.90 Å². The Balaban J connectivity index is 1.88. The number of benzene rings is 2. The number of nitrogens with one attached hydrogen (secondary N) is 1. The Kier molecular flexibility index (Phi) is 3.85. The third kappa shape index (κ3) is 3.22. The van der Waals surface area contributed by atoms with Crippen LogP contribution in [0.2, 0.25) is 0 Å². The number of carboxylic acid groups (broad SMARTS) is 1. The number of fused-ring (bicyclic) bond motifs is 1. The Bertz CT molecular complexity index is 928. The molecule has 0 atom stereocenters. The molecule has 1 aromatic heterocycles. The summed E-state index contributed by atoms with van der Waals surface area (Å²) in [6.07, 6.45) is 0. The van der Waals surface area contributed by atoms with E-state index >= 15 is 0 Å². The lowest BCUT2D eigenvalue weighted by atomic mass is 10.2. The van der Waals surface area contributed by atoms with Crippen molar-refractivity contribution in [3.05, 3.63) is 48.5 Å². The van der Waals surface area contributed by atoms with E-state index in [0.717, 1.165) is 0 Å². The number of aromatic nitrogens is 1. The molecule has 0 spiro atoms. The van der Waals surface area contributed by atoms with Gasteiger partial charge >= 0.3 is 5.97 Å². The van der Waals surface area contributed by atoms with Gasteiger partial charge in [-0.15, -0.1) is 0 Å². The molecule has 3 aromatic rings. The van der Waals surface area contributed by atoms with E-state index < -0.39 is 22.5 Å². The zero-order valence-electron chi connectivity index (χ0n) is 11.8. The molecule has 0 radical (unpaired) electrons. The van der Waals surface area contributed by atoms with E-state index in [9.17, 15) is 13.2 Å². The predicted octanol–water partition coefficient (Wildman–Crippen LogP) is 1.86. The van der Waals surface area contributed by atoms with Crippen LogP contribution in [-0.4, -0.2) is 31.0 Å². The number of aliphatic carboxylic acids is 1. The topological polar surface area (TPSA) is 110 Å². The Morgan fingerprint density at radius 3 is 2.48 bits per heavy atom. The van der Waals surface area contributed by atoms with E-state index in [1.807, 2.05) is 22.9 Å². The molecule has 3 rings (SSSR count). The van der Waals surface area contributed by atoms with Crippen molar-refractivity contribution >= 4 is 27.1 Å². The molecule has 0 saturated carbocycles. The molecule has 118 valence electrons. The van der Waals surface area contributed by atoms with Crippen molar-refractivity contribution in [1.29, 1.82) is 0 Å². The van der Waals surface area contributed by atoms with Gasteiger partial charge in [0, 0.05) is 5.56 Å². The second-order valence-corrected chi connectivity index (χ2v) is 6.50. The van der Waals surface area contributed by atoms with E-state index in [1.165, 1.54) is 12.1 Å². The van der Waals surface area contributed by atoms with Gasteiger partial charge in [-0.1, -0.05) is 12.1 Å². The summed E-state index contributed by atoms with van der Waals surface area (Å²) in [4.78, 5) is 14.7. The number of sulfonamides is 1. The molecule has 23 heavy (non-hydrogen) atoms. The van der Waals surface area contributed by atoms with Gasteiger partial charge in [-0.25, -0.2) is 13.4 Å². The van der Waals surface area contributed by atoms with Crippen molar-refractivity contribution in [2.24, 2.45) is 0 Å². The molecule has 0 amide bonds. The highest BCUT2D eigenvalue weighted by Crippen LogP contribution is 2.24. The minimum Gasteiger partial charge on any atom is -0.480 e. The molecule has 2 aromatic carbocycles. The number of carbonyl (C=O) groups is 1. The van der Waals surface area contributed by atoms with E-state index in [0.29, 0.717) is 22.6 Å². The SMILES string of the molecule is O=C(O)CNS(=O)(=O)c1ccc(-c2nc3ccccc3o2)cc1. The third-order valence-corrected chi connectivity index (χ3v) is 4.54. The van der Waals surface area contributed by atoms with E-state index in [1.54, 1.807) is 18.2 Å². The van der Waals surface area contributed by atoms with Crippen molar-refractivity contribution in [3.63, 3.8) is 0 Å². The molecule has 0 aliphatic heterocycles. The molecule has 1 heterocycles. The summed E-state index contributed by atoms with van der Waals surface area (Å²) in [7, 11) is -3.86. The highest BCUT2D eigenvalue weighted by Gasteiger charge is 2.16. The van der Waals surface area contributed by atoms with Crippen LogP contribution in [0.1, 0.15) is 0 Å². The van der Waals surface area contributed by atoms with E-state index in [-0.39, 0.29) is 4.90 Å². The van der Waals surface area contributed by atoms with Crippen LogP contribution in [0.5, 0.6) is 0 Å². The van der Waals surface area contributed by atoms with Gasteiger partial charge in [0.15, 0.2) is 5.58 Å². The summed E-state index contributed by atoms with van der Waals surface area (Å²) < 4.78 is 31.4. The first kappa shape index (κ1) is 15.2. The fraction of sp³-hybridized carbons (Fsp3) is 0.0667. The number of carboxylic acids is 1. The summed E-state index contributed by atoms with van der Waals surface area (Å²) in [6.45, 7) is -0.671. The van der Waals surface area contributed by atoms with Crippen molar-refractivity contribution in [2.75, 3.05) is 6.54 Å². The zero-order chi connectivity index (χ0) is 16.4. The Morgan fingerprint density at radius 1 is 1.13 bits per heavy atom. The first-order valence-electron chi connectivity index (χ1n) is 6.63. The van der Waals surface area contributed by atoms with Gasteiger partial charge in [0.25, 0.3) is 0 Å². The number of para-hydroxylation sites is 2. The lowest BCUT2D eigenvalue weighted by Gasteiger charge is -2.04. The van der Waals surface area contributed by atoms with Crippen molar-refractivity contribution in [1.82, 2.24) is 9.71 Å². The summed E-state index contributed by atoms with van der Waals surface area (Å²) in [5, 5.41) is 8.54. The lowest BCUT2D eigenvalue weighted by molar-refractivity contribution is -0.135. The van der Waals surface area contributed by atoms with Crippen LogP contribution in [0.25, 0.3) is 22.6 Å². The van der Waals surface area contributed by atoms with Crippen LogP contribution in [0, 0.1) is 0 Å². The Hall–Kier alpha value is -2.71. The van der Waals surface area contributed by atoms with Crippen LogP contribution in [0.4, 0.5) is 0 Å². The van der Waals surface area contributed by atoms with E-state index in [2.05, 4.69) is 4.98 Å². The molecule has 2 N–H and O–H groups in total. The summed E-state index contributed by atoms with van der Waals surface area (Å²) >= 11 is 0. The van der Waals surface area contributed by atoms with E-state index in [4.69, 9.17) is 9.52 Å². The number of rotatable bonds is 5. The van der Waals surface area contributed by atoms with Gasteiger partial charge in [0.2, 0.25) is 15.9 Å².